The molecule has 0 aromatic heterocycles. The molecule has 0 N–H and O–H groups in total. The molecular weight excluding hydrogens is 242 g/mol. The second kappa shape index (κ2) is 5.85. The van der Waals surface area contributed by atoms with Crippen molar-refractivity contribution in [3.05, 3.63) is 0 Å². The van der Waals surface area contributed by atoms with Crippen LogP contribution in [-0.2, 0) is 4.79 Å². The van der Waals surface area contributed by atoms with E-state index in [0.717, 1.165) is 25.3 Å². The Morgan fingerprint density at radius 2 is 2.00 bits per heavy atom. The molecule has 1 atom stereocenters. The van der Waals surface area contributed by atoms with E-state index in [1.165, 1.54) is 32.1 Å². The molecule has 1 unspecified atom stereocenters. The molecular formula is C15H27NOS. The number of carbonyl (C=O) groups excluding carboxylic acids is 1. The quantitative estimate of drug-likeness (QED) is 0.776. The monoisotopic (exact) mass is 269 g/mol. The fourth-order valence-electron chi connectivity index (χ4n) is 3.47. The van der Waals surface area contributed by atoms with Crippen LogP contribution in [0.5, 0.6) is 0 Å². The first kappa shape index (κ1) is 14.2. The van der Waals surface area contributed by atoms with Crippen molar-refractivity contribution in [2.24, 2.45) is 17.3 Å². The average Bonchev–Trinajstić information content (AvgIpc) is 2.72. The van der Waals surface area contributed by atoms with Gasteiger partial charge in [-0.1, -0.05) is 33.1 Å². The Balaban J connectivity index is 1.97. The van der Waals surface area contributed by atoms with Gasteiger partial charge in [-0.05, 0) is 35.8 Å². The molecule has 2 nitrogen and oxygen atoms in total. The molecule has 104 valence electrons. The first-order chi connectivity index (χ1) is 8.56. The van der Waals surface area contributed by atoms with Crippen LogP contribution in [0.2, 0.25) is 0 Å². The maximum Gasteiger partial charge on any atom is 0.222 e. The van der Waals surface area contributed by atoms with Crippen LogP contribution in [0.3, 0.4) is 0 Å². The highest BCUT2D eigenvalue weighted by Gasteiger charge is 2.38. The smallest absolute Gasteiger partial charge is 0.222 e. The summed E-state index contributed by atoms with van der Waals surface area (Å²) in [4.78, 5) is 14.3. The summed E-state index contributed by atoms with van der Waals surface area (Å²) in [6.07, 6.45) is 7.27. The van der Waals surface area contributed by atoms with Crippen molar-refractivity contribution in [1.29, 1.82) is 0 Å². The van der Waals surface area contributed by atoms with E-state index in [2.05, 4.69) is 31.4 Å². The van der Waals surface area contributed by atoms with Gasteiger partial charge in [0.2, 0.25) is 5.91 Å². The second-order valence-corrected chi connectivity index (χ2v) is 7.02. The van der Waals surface area contributed by atoms with Gasteiger partial charge in [-0.2, -0.15) is 12.6 Å². The van der Waals surface area contributed by atoms with Crippen LogP contribution in [-0.4, -0.2) is 29.6 Å². The highest BCUT2D eigenvalue weighted by atomic mass is 32.1. The van der Waals surface area contributed by atoms with Gasteiger partial charge in [-0.3, -0.25) is 4.79 Å². The number of likely N-dealkylation sites (tertiary alicyclic amines) is 1. The summed E-state index contributed by atoms with van der Waals surface area (Å²) in [7, 11) is 0. The summed E-state index contributed by atoms with van der Waals surface area (Å²) in [6.45, 7) is 6.40. The summed E-state index contributed by atoms with van der Waals surface area (Å²) in [5, 5.41) is 0. The van der Waals surface area contributed by atoms with Crippen molar-refractivity contribution >= 4 is 18.5 Å². The Kier molecular flexibility index (Phi) is 4.63. The standard InChI is InChI=1S/C15H27NOS/c1-12(2)13-8-14(17)16(9-13)10-15(11-18)6-4-3-5-7-15/h12-13,18H,3-11H2,1-2H3. The third-order valence-corrected chi connectivity index (χ3v) is 5.63. The van der Waals surface area contributed by atoms with Crippen molar-refractivity contribution in [2.75, 3.05) is 18.8 Å². The average molecular weight is 269 g/mol. The largest absolute Gasteiger partial charge is 0.342 e. The number of nitrogens with zero attached hydrogens (tertiary/aromatic N) is 1. The van der Waals surface area contributed by atoms with E-state index in [0.29, 0.717) is 23.2 Å². The Bertz CT molecular complexity index is 297. The Hall–Kier alpha value is -0.180. The zero-order chi connectivity index (χ0) is 13.2. The molecule has 0 radical (unpaired) electrons. The lowest BCUT2D eigenvalue weighted by Crippen LogP contribution is -2.41. The van der Waals surface area contributed by atoms with E-state index in [4.69, 9.17) is 0 Å². The maximum absolute atomic E-state index is 12.1. The number of thiol groups is 1. The summed E-state index contributed by atoms with van der Waals surface area (Å²) in [5.41, 5.74) is 0.308. The molecule has 1 aliphatic carbocycles. The van der Waals surface area contributed by atoms with E-state index in [9.17, 15) is 4.79 Å². The second-order valence-electron chi connectivity index (χ2n) is 6.70. The van der Waals surface area contributed by atoms with Gasteiger partial charge in [-0.25, -0.2) is 0 Å². The fourth-order valence-corrected chi connectivity index (χ4v) is 3.89. The molecule has 0 bridgehead atoms. The Morgan fingerprint density at radius 3 is 2.50 bits per heavy atom. The van der Waals surface area contributed by atoms with Gasteiger partial charge in [0.25, 0.3) is 0 Å². The third kappa shape index (κ3) is 3.04. The predicted molar refractivity (Wildman–Crippen MR) is 78.9 cm³/mol. The van der Waals surface area contributed by atoms with Gasteiger partial charge >= 0.3 is 0 Å². The number of hydrogen-bond donors (Lipinski definition) is 1. The Morgan fingerprint density at radius 1 is 1.33 bits per heavy atom. The van der Waals surface area contributed by atoms with Gasteiger partial charge in [0.15, 0.2) is 0 Å². The molecule has 0 spiro atoms. The molecule has 1 heterocycles. The van der Waals surface area contributed by atoms with E-state index in [1.54, 1.807) is 0 Å². The van der Waals surface area contributed by atoms with Gasteiger partial charge in [0.1, 0.15) is 0 Å². The van der Waals surface area contributed by atoms with Gasteiger partial charge in [-0.15, -0.1) is 0 Å². The van der Waals surface area contributed by atoms with Crippen molar-refractivity contribution in [3.63, 3.8) is 0 Å². The number of rotatable bonds is 4. The molecule has 1 aliphatic heterocycles. The summed E-state index contributed by atoms with van der Waals surface area (Å²) >= 11 is 4.58. The summed E-state index contributed by atoms with van der Waals surface area (Å²) < 4.78 is 0. The zero-order valence-corrected chi connectivity index (χ0v) is 12.7. The van der Waals surface area contributed by atoms with E-state index < -0.39 is 0 Å². The van der Waals surface area contributed by atoms with Crippen molar-refractivity contribution < 1.29 is 4.79 Å². The lowest BCUT2D eigenvalue weighted by Gasteiger charge is -2.39. The lowest BCUT2D eigenvalue weighted by atomic mass is 9.75. The molecule has 0 aromatic rings. The zero-order valence-electron chi connectivity index (χ0n) is 11.8. The number of carbonyl (C=O) groups is 1. The highest BCUT2D eigenvalue weighted by molar-refractivity contribution is 7.80. The summed E-state index contributed by atoms with van der Waals surface area (Å²) in [5.74, 6) is 2.50. The molecule has 3 heteroatoms. The van der Waals surface area contributed by atoms with Gasteiger partial charge in [0.05, 0.1) is 0 Å². The van der Waals surface area contributed by atoms with Crippen molar-refractivity contribution in [1.82, 2.24) is 4.90 Å². The van der Waals surface area contributed by atoms with Crippen LogP contribution in [0, 0.1) is 17.3 Å². The molecule has 0 aromatic carbocycles. The van der Waals surface area contributed by atoms with Crippen LogP contribution in [0.4, 0.5) is 0 Å². The first-order valence-corrected chi connectivity index (χ1v) is 8.08. The normalized spacial score (nSPS) is 28.1. The topological polar surface area (TPSA) is 20.3 Å². The van der Waals surface area contributed by atoms with Crippen LogP contribution in [0.25, 0.3) is 0 Å². The SMILES string of the molecule is CC(C)C1CC(=O)N(CC2(CS)CCCCC2)C1. The van der Waals surface area contributed by atoms with E-state index >= 15 is 0 Å². The van der Waals surface area contributed by atoms with Gasteiger partial charge in [0, 0.05) is 19.5 Å². The molecule has 1 saturated carbocycles. The third-order valence-electron chi connectivity index (χ3n) is 4.96. The molecule has 1 saturated heterocycles. The van der Waals surface area contributed by atoms with Gasteiger partial charge < -0.3 is 4.90 Å². The molecule has 18 heavy (non-hydrogen) atoms. The van der Waals surface area contributed by atoms with Crippen LogP contribution in [0.15, 0.2) is 0 Å². The minimum absolute atomic E-state index is 0.308. The molecule has 2 aliphatic rings. The minimum Gasteiger partial charge on any atom is -0.342 e. The Labute approximate surface area is 117 Å². The first-order valence-electron chi connectivity index (χ1n) is 7.45. The molecule has 1 amide bonds. The number of hydrogen-bond acceptors (Lipinski definition) is 2. The maximum atomic E-state index is 12.1. The number of amides is 1. The van der Waals surface area contributed by atoms with Crippen LogP contribution >= 0.6 is 12.6 Å². The minimum atomic E-state index is 0.308. The molecule has 2 fully saturated rings. The van der Waals surface area contributed by atoms with E-state index in [1.807, 2.05) is 0 Å². The lowest BCUT2D eigenvalue weighted by molar-refractivity contribution is -0.129. The molecule has 2 rings (SSSR count). The van der Waals surface area contributed by atoms with E-state index in [-0.39, 0.29) is 0 Å². The highest BCUT2D eigenvalue weighted by Crippen LogP contribution is 2.39. The fraction of sp³-hybridized carbons (Fsp3) is 0.933. The van der Waals surface area contributed by atoms with Crippen molar-refractivity contribution in [3.8, 4) is 0 Å². The van der Waals surface area contributed by atoms with Crippen LogP contribution in [0.1, 0.15) is 52.4 Å². The summed E-state index contributed by atoms with van der Waals surface area (Å²) in [6, 6.07) is 0. The van der Waals surface area contributed by atoms with Crippen molar-refractivity contribution in [2.45, 2.75) is 52.4 Å². The van der Waals surface area contributed by atoms with Crippen LogP contribution < -0.4 is 0 Å². The predicted octanol–water partition coefficient (Wildman–Crippen LogP) is 3.37.